The van der Waals surface area contributed by atoms with E-state index in [4.69, 9.17) is 9.47 Å². The molecule has 1 heterocycles. The number of methoxy groups -OCH3 is 2. The van der Waals surface area contributed by atoms with Crippen LogP contribution in [0.5, 0.6) is 0 Å². The van der Waals surface area contributed by atoms with Crippen LogP contribution in [0.1, 0.15) is 27.2 Å². The number of hydrogen-bond donors (Lipinski definition) is 1. The smallest absolute Gasteiger partial charge is 0.0630 e. The average molecular weight is 258 g/mol. The summed E-state index contributed by atoms with van der Waals surface area (Å²) in [5.41, 5.74) is 0.164. The summed E-state index contributed by atoms with van der Waals surface area (Å²) in [6.45, 7) is 11.6. The van der Waals surface area contributed by atoms with Crippen molar-refractivity contribution in [2.45, 2.75) is 38.8 Å². The van der Waals surface area contributed by atoms with Crippen LogP contribution in [0.3, 0.4) is 0 Å². The second kappa shape index (κ2) is 7.43. The van der Waals surface area contributed by atoms with E-state index in [1.165, 1.54) is 6.42 Å². The molecule has 0 aromatic heterocycles. The molecule has 4 heteroatoms. The average Bonchev–Trinajstić information content (AvgIpc) is 2.72. The molecule has 1 aliphatic rings. The van der Waals surface area contributed by atoms with Gasteiger partial charge in [-0.2, -0.15) is 0 Å². The van der Waals surface area contributed by atoms with Gasteiger partial charge in [0.25, 0.3) is 0 Å². The fraction of sp³-hybridized carbons (Fsp3) is 1.00. The number of nitrogens with one attached hydrogen (secondary N) is 1. The van der Waals surface area contributed by atoms with Gasteiger partial charge in [0.1, 0.15) is 0 Å². The molecule has 0 saturated carbocycles. The van der Waals surface area contributed by atoms with Gasteiger partial charge in [0.05, 0.1) is 13.2 Å². The van der Waals surface area contributed by atoms with Crippen molar-refractivity contribution in [2.24, 2.45) is 5.92 Å². The lowest BCUT2D eigenvalue weighted by Gasteiger charge is -2.31. The Bertz CT molecular complexity index is 228. The molecule has 1 saturated heterocycles. The number of nitrogens with zero attached hydrogens (tertiary/aromatic N) is 1. The van der Waals surface area contributed by atoms with Gasteiger partial charge < -0.3 is 14.8 Å². The van der Waals surface area contributed by atoms with Gasteiger partial charge in [0.2, 0.25) is 0 Å². The molecule has 0 amide bonds. The minimum atomic E-state index is 0.164. The SMILES string of the molecule is COCC1CCN(C(CNC(C)(C)C)COC)C1. The maximum atomic E-state index is 5.36. The molecule has 0 aliphatic carbocycles. The van der Waals surface area contributed by atoms with Gasteiger partial charge in [-0.3, -0.25) is 4.90 Å². The van der Waals surface area contributed by atoms with Gasteiger partial charge in [-0.15, -0.1) is 0 Å². The first-order valence-corrected chi connectivity index (χ1v) is 6.93. The third kappa shape index (κ3) is 5.65. The van der Waals surface area contributed by atoms with Crippen LogP contribution >= 0.6 is 0 Å². The summed E-state index contributed by atoms with van der Waals surface area (Å²) in [5.74, 6) is 0.684. The van der Waals surface area contributed by atoms with Crippen LogP contribution in [0.15, 0.2) is 0 Å². The number of ether oxygens (including phenoxy) is 2. The van der Waals surface area contributed by atoms with Crippen molar-refractivity contribution in [3.8, 4) is 0 Å². The van der Waals surface area contributed by atoms with Crippen LogP contribution in [0.25, 0.3) is 0 Å². The minimum Gasteiger partial charge on any atom is -0.384 e. The molecule has 0 aromatic carbocycles. The Kier molecular flexibility index (Phi) is 6.57. The van der Waals surface area contributed by atoms with Gasteiger partial charge in [0, 0.05) is 38.9 Å². The van der Waals surface area contributed by atoms with E-state index < -0.39 is 0 Å². The Labute approximate surface area is 112 Å². The Morgan fingerprint density at radius 3 is 2.56 bits per heavy atom. The van der Waals surface area contributed by atoms with Crippen LogP contribution in [-0.2, 0) is 9.47 Å². The Morgan fingerprint density at radius 1 is 1.28 bits per heavy atom. The highest BCUT2D eigenvalue weighted by Gasteiger charge is 2.28. The summed E-state index contributed by atoms with van der Waals surface area (Å²) in [6.07, 6.45) is 1.24. The summed E-state index contributed by atoms with van der Waals surface area (Å²) in [4.78, 5) is 2.53. The van der Waals surface area contributed by atoms with E-state index in [2.05, 4.69) is 31.0 Å². The zero-order chi connectivity index (χ0) is 13.6. The molecule has 0 aromatic rings. The van der Waals surface area contributed by atoms with E-state index in [1.807, 2.05) is 0 Å². The molecule has 18 heavy (non-hydrogen) atoms. The van der Waals surface area contributed by atoms with E-state index in [9.17, 15) is 0 Å². The molecule has 1 fully saturated rings. The molecule has 0 radical (unpaired) electrons. The van der Waals surface area contributed by atoms with Crippen LogP contribution < -0.4 is 5.32 Å². The summed E-state index contributed by atoms with van der Waals surface area (Å²) < 4.78 is 10.6. The van der Waals surface area contributed by atoms with Gasteiger partial charge >= 0.3 is 0 Å². The van der Waals surface area contributed by atoms with Gasteiger partial charge in [-0.25, -0.2) is 0 Å². The topological polar surface area (TPSA) is 33.7 Å². The van der Waals surface area contributed by atoms with E-state index in [0.29, 0.717) is 12.0 Å². The van der Waals surface area contributed by atoms with Crippen LogP contribution in [0.2, 0.25) is 0 Å². The van der Waals surface area contributed by atoms with Crippen molar-refractivity contribution in [1.29, 1.82) is 0 Å². The summed E-state index contributed by atoms with van der Waals surface area (Å²) in [5, 5.41) is 3.58. The maximum Gasteiger partial charge on any atom is 0.0630 e. The van der Waals surface area contributed by atoms with Gasteiger partial charge in [-0.1, -0.05) is 0 Å². The Balaban J connectivity index is 2.42. The quantitative estimate of drug-likeness (QED) is 0.747. The lowest BCUT2D eigenvalue weighted by atomic mass is 10.1. The third-order valence-electron chi connectivity index (χ3n) is 3.46. The molecule has 0 bridgehead atoms. The monoisotopic (exact) mass is 258 g/mol. The molecule has 2 unspecified atom stereocenters. The van der Waals surface area contributed by atoms with Crippen molar-refractivity contribution >= 4 is 0 Å². The second-order valence-corrected chi connectivity index (χ2v) is 6.35. The molecule has 4 nitrogen and oxygen atoms in total. The Morgan fingerprint density at radius 2 is 2.00 bits per heavy atom. The maximum absolute atomic E-state index is 5.36. The van der Waals surface area contributed by atoms with Gasteiger partial charge in [-0.05, 0) is 39.7 Å². The highest BCUT2D eigenvalue weighted by molar-refractivity contribution is 4.84. The van der Waals surface area contributed by atoms with E-state index in [1.54, 1.807) is 14.2 Å². The fourth-order valence-electron chi connectivity index (χ4n) is 2.48. The first-order chi connectivity index (χ1) is 8.46. The highest BCUT2D eigenvalue weighted by Crippen LogP contribution is 2.19. The lowest BCUT2D eigenvalue weighted by Crippen LogP contribution is -2.49. The van der Waals surface area contributed by atoms with E-state index >= 15 is 0 Å². The number of rotatable bonds is 7. The minimum absolute atomic E-state index is 0.164. The summed E-state index contributed by atoms with van der Waals surface area (Å²) >= 11 is 0. The zero-order valence-electron chi connectivity index (χ0n) is 12.7. The highest BCUT2D eigenvalue weighted by atomic mass is 16.5. The van der Waals surface area contributed by atoms with Crippen molar-refractivity contribution < 1.29 is 9.47 Å². The van der Waals surface area contributed by atoms with Crippen LogP contribution in [0, 0.1) is 5.92 Å². The van der Waals surface area contributed by atoms with Crippen molar-refractivity contribution in [2.75, 3.05) is 47.1 Å². The molecule has 2 atom stereocenters. The van der Waals surface area contributed by atoms with Crippen molar-refractivity contribution in [3.05, 3.63) is 0 Å². The largest absolute Gasteiger partial charge is 0.384 e. The molecule has 108 valence electrons. The molecular formula is C14H30N2O2. The normalized spacial score (nSPS) is 23.5. The standard InChI is InChI=1S/C14H30N2O2/c1-14(2,3)15-8-13(11-18-5)16-7-6-12(9-16)10-17-4/h12-13,15H,6-11H2,1-5H3. The molecule has 1 rings (SSSR count). The van der Waals surface area contributed by atoms with Crippen LogP contribution in [-0.4, -0.2) is 63.5 Å². The second-order valence-electron chi connectivity index (χ2n) is 6.35. The predicted molar refractivity (Wildman–Crippen MR) is 75.0 cm³/mol. The van der Waals surface area contributed by atoms with E-state index in [-0.39, 0.29) is 5.54 Å². The first-order valence-electron chi connectivity index (χ1n) is 6.93. The first kappa shape index (κ1) is 15.9. The molecule has 0 spiro atoms. The summed E-state index contributed by atoms with van der Waals surface area (Å²) in [6, 6.07) is 0.469. The molecule has 1 aliphatic heterocycles. The van der Waals surface area contributed by atoms with Crippen molar-refractivity contribution in [3.63, 3.8) is 0 Å². The zero-order valence-corrected chi connectivity index (χ0v) is 12.7. The molecular weight excluding hydrogens is 228 g/mol. The Hall–Kier alpha value is -0.160. The summed E-state index contributed by atoms with van der Waals surface area (Å²) in [7, 11) is 3.57. The van der Waals surface area contributed by atoms with Gasteiger partial charge in [0.15, 0.2) is 0 Å². The van der Waals surface area contributed by atoms with E-state index in [0.717, 1.165) is 32.8 Å². The lowest BCUT2D eigenvalue weighted by molar-refractivity contribution is 0.0916. The fourth-order valence-corrected chi connectivity index (χ4v) is 2.48. The number of hydrogen-bond acceptors (Lipinski definition) is 4. The number of likely N-dealkylation sites (tertiary alicyclic amines) is 1. The third-order valence-corrected chi connectivity index (χ3v) is 3.46. The predicted octanol–water partition coefficient (Wildman–Crippen LogP) is 1.36. The van der Waals surface area contributed by atoms with Crippen molar-refractivity contribution in [1.82, 2.24) is 10.2 Å². The van der Waals surface area contributed by atoms with Crippen LogP contribution in [0.4, 0.5) is 0 Å². The molecule has 1 N–H and O–H groups in total.